The van der Waals surface area contributed by atoms with Crippen molar-refractivity contribution in [3.63, 3.8) is 0 Å². The van der Waals surface area contributed by atoms with Gasteiger partial charge in [-0.2, -0.15) is 5.26 Å². The van der Waals surface area contributed by atoms with Gasteiger partial charge in [0.05, 0.1) is 12.5 Å². The van der Waals surface area contributed by atoms with Crippen molar-refractivity contribution >= 4 is 11.6 Å². The van der Waals surface area contributed by atoms with Gasteiger partial charge in [-0.25, -0.2) is 0 Å². The molecule has 3 nitrogen and oxygen atoms in total. The van der Waals surface area contributed by atoms with E-state index in [1.165, 1.54) is 0 Å². The minimum absolute atomic E-state index is 0.0770. The lowest BCUT2D eigenvalue weighted by molar-refractivity contribution is 0.111. The standard InChI is InChI=1S/C10H10ClNO2/c11-8-1-3-10(4-2-8)14-7-9(13)5-6-12/h1-4,9,13H,5,7H2. The number of nitriles is 1. The summed E-state index contributed by atoms with van der Waals surface area (Å²) < 4.78 is 5.22. The lowest BCUT2D eigenvalue weighted by Gasteiger charge is -2.08. The van der Waals surface area contributed by atoms with Gasteiger partial charge in [-0.1, -0.05) is 11.6 Å². The molecule has 1 aromatic carbocycles. The second kappa shape index (κ2) is 5.48. The highest BCUT2D eigenvalue weighted by Crippen LogP contribution is 2.15. The Hall–Kier alpha value is -1.24. The third-order valence-corrected chi connectivity index (χ3v) is 1.83. The van der Waals surface area contributed by atoms with Crippen LogP contribution in [0, 0.1) is 11.3 Å². The molecule has 14 heavy (non-hydrogen) atoms. The largest absolute Gasteiger partial charge is 0.491 e. The molecule has 0 heterocycles. The molecule has 1 rings (SSSR count). The van der Waals surface area contributed by atoms with Gasteiger partial charge in [0, 0.05) is 5.02 Å². The first-order valence-electron chi connectivity index (χ1n) is 4.16. The first-order valence-corrected chi connectivity index (χ1v) is 4.53. The Balaban J connectivity index is 2.39. The molecular weight excluding hydrogens is 202 g/mol. The number of hydrogen-bond donors (Lipinski definition) is 1. The van der Waals surface area contributed by atoms with Crippen LogP contribution in [0.15, 0.2) is 24.3 Å². The van der Waals surface area contributed by atoms with Crippen molar-refractivity contribution in [1.82, 2.24) is 0 Å². The Morgan fingerprint density at radius 2 is 2.07 bits per heavy atom. The van der Waals surface area contributed by atoms with Gasteiger partial charge in [-0.15, -0.1) is 0 Å². The highest BCUT2D eigenvalue weighted by atomic mass is 35.5. The summed E-state index contributed by atoms with van der Waals surface area (Å²) in [5, 5.41) is 18.1. The Morgan fingerprint density at radius 1 is 1.43 bits per heavy atom. The summed E-state index contributed by atoms with van der Waals surface area (Å²) in [5.41, 5.74) is 0. The molecule has 0 aliphatic carbocycles. The van der Waals surface area contributed by atoms with Gasteiger partial charge in [0.15, 0.2) is 0 Å². The maximum absolute atomic E-state index is 9.19. The summed E-state index contributed by atoms with van der Waals surface area (Å²) in [6, 6.07) is 8.69. The van der Waals surface area contributed by atoms with Gasteiger partial charge < -0.3 is 9.84 Å². The molecule has 1 aromatic rings. The molecule has 0 aliphatic heterocycles. The van der Waals surface area contributed by atoms with E-state index in [9.17, 15) is 5.11 Å². The summed E-state index contributed by atoms with van der Waals surface area (Å²) >= 11 is 5.68. The van der Waals surface area contributed by atoms with Crippen molar-refractivity contribution in [2.24, 2.45) is 0 Å². The van der Waals surface area contributed by atoms with Crippen LogP contribution in [0.4, 0.5) is 0 Å². The fraction of sp³-hybridized carbons (Fsp3) is 0.300. The van der Waals surface area contributed by atoms with Crippen LogP contribution in [0.1, 0.15) is 6.42 Å². The number of ether oxygens (including phenoxy) is 1. The van der Waals surface area contributed by atoms with Crippen molar-refractivity contribution in [1.29, 1.82) is 5.26 Å². The number of aliphatic hydroxyl groups is 1. The maximum atomic E-state index is 9.19. The highest BCUT2D eigenvalue weighted by molar-refractivity contribution is 6.30. The number of nitrogens with zero attached hydrogens (tertiary/aromatic N) is 1. The number of benzene rings is 1. The molecule has 0 radical (unpaired) electrons. The van der Waals surface area contributed by atoms with E-state index in [0.29, 0.717) is 10.8 Å². The highest BCUT2D eigenvalue weighted by Gasteiger charge is 2.03. The molecular formula is C10H10ClNO2. The van der Waals surface area contributed by atoms with Crippen molar-refractivity contribution < 1.29 is 9.84 Å². The molecule has 0 fully saturated rings. The molecule has 0 saturated carbocycles. The van der Waals surface area contributed by atoms with Crippen molar-refractivity contribution in [2.75, 3.05) is 6.61 Å². The van der Waals surface area contributed by atoms with Gasteiger partial charge in [0.25, 0.3) is 0 Å². The predicted octanol–water partition coefficient (Wildman–Crippen LogP) is 1.99. The first-order chi connectivity index (χ1) is 6.72. The molecule has 1 unspecified atom stereocenters. The molecule has 0 bridgehead atoms. The van der Waals surface area contributed by atoms with Crippen LogP contribution in [-0.2, 0) is 0 Å². The minimum Gasteiger partial charge on any atom is -0.491 e. The molecule has 4 heteroatoms. The average Bonchev–Trinajstić information content (AvgIpc) is 2.17. The zero-order chi connectivity index (χ0) is 10.4. The van der Waals surface area contributed by atoms with Crippen LogP contribution < -0.4 is 4.74 Å². The van der Waals surface area contributed by atoms with Crippen LogP contribution in [0.3, 0.4) is 0 Å². The summed E-state index contributed by atoms with van der Waals surface area (Å²) in [6.07, 6.45) is -0.663. The summed E-state index contributed by atoms with van der Waals surface area (Å²) in [4.78, 5) is 0. The fourth-order valence-electron chi connectivity index (χ4n) is 0.888. The lowest BCUT2D eigenvalue weighted by Crippen LogP contribution is -2.16. The quantitative estimate of drug-likeness (QED) is 0.829. The summed E-state index contributed by atoms with van der Waals surface area (Å²) in [6.45, 7) is 0.120. The van der Waals surface area contributed by atoms with E-state index in [1.54, 1.807) is 24.3 Å². The average molecular weight is 212 g/mol. The number of hydrogen-bond acceptors (Lipinski definition) is 3. The van der Waals surface area contributed by atoms with E-state index in [-0.39, 0.29) is 13.0 Å². The van der Waals surface area contributed by atoms with Gasteiger partial charge in [-0.05, 0) is 24.3 Å². The number of rotatable bonds is 4. The Morgan fingerprint density at radius 3 is 2.64 bits per heavy atom. The van der Waals surface area contributed by atoms with Crippen molar-refractivity contribution in [3.8, 4) is 11.8 Å². The maximum Gasteiger partial charge on any atom is 0.119 e. The van der Waals surface area contributed by atoms with E-state index in [1.807, 2.05) is 6.07 Å². The van der Waals surface area contributed by atoms with Crippen LogP contribution in [0.2, 0.25) is 5.02 Å². The van der Waals surface area contributed by atoms with E-state index in [2.05, 4.69) is 0 Å². The monoisotopic (exact) mass is 211 g/mol. The number of halogens is 1. The first kappa shape index (κ1) is 10.8. The predicted molar refractivity (Wildman–Crippen MR) is 53.2 cm³/mol. The minimum atomic E-state index is -0.740. The van der Waals surface area contributed by atoms with Crippen LogP contribution in [-0.4, -0.2) is 17.8 Å². The third-order valence-electron chi connectivity index (χ3n) is 1.58. The molecule has 74 valence electrons. The molecule has 0 spiro atoms. The van der Waals surface area contributed by atoms with E-state index in [0.717, 1.165) is 0 Å². The van der Waals surface area contributed by atoms with E-state index in [4.69, 9.17) is 21.6 Å². The van der Waals surface area contributed by atoms with Gasteiger partial charge in [0.1, 0.15) is 18.5 Å². The molecule has 0 amide bonds. The zero-order valence-corrected chi connectivity index (χ0v) is 8.24. The Kier molecular flexibility index (Phi) is 4.24. The Bertz CT molecular complexity index is 318. The molecule has 0 saturated heterocycles. The lowest BCUT2D eigenvalue weighted by atomic mass is 10.3. The van der Waals surface area contributed by atoms with Gasteiger partial charge in [-0.3, -0.25) is 0 Å². The van der Waals surface area contributed by atoms with Crippen molar-refractivity contribution in [3.05, 3.63) is 29.3 Å². The van der Waals surface area contributed by atoms with E-state index < -0.39 is 6.10 Å². The van der Waals surface area contributed by atoms with Crippen LogP contribution >= 0.6 is 11.6 Å². The molecule has 1 atom stereocenters. The van der Waals surface area contributed by atoms with Crippen molar-refractivity contribution in [2.45, 2.75) is 12.5 Å². The van der Waals surface area contributed by atoms with Gasteiger partial charge in [0.2, 0.25) is 0 Å². The normalized spacial score (nSPS) is 11.8. The number of aliphatic hydroxyl groups excluding tert-OH is 1. The third kappa shape index (κ3) is 3.65. The fourth-order valence-corrected chi connectivity index (χ4v) is 1.01. The Labute approximate surface area is 87.5 Å². The van der Waals surface area contributed by atoms with Crippen LogP contribution in [0.25, 0.3) is 0 Å². The SMILES string of the molecule is N#CCC(O)COc1ccc(Cl)cc1. The zero-order valence-electron chi connectivity index (χ0n) is 7.48. The van der Waals surface area contributed by atoms with Gasteiger partial charge >= 0.3 is 0 Å². The summed E-state index contributed by atoms with van der Waals surface area (Å²) in [5.74, 6) is 0.631. The van der Waals surface area contributed by atoms with Crippen LogP contribution in [0.5, 0.6) is 5.75 Å². The summed E-state index contributed by atoms with van der Waals surface area (Å²) in [7, 11) is 0. The van der Waals surface area contributed by atoms with E-state index >= 15 is 0 Å². The topological polar surface area (TPSA) is 53.2 Å². The second-order valence-electron chi connectivity index (χ2n) is 2.78. The molecule has 1 N–H and O–H groups in total. The smallest absolute Gasteiger partial charge is 0.119 e. The molecule has 0 aliphatic rings. The molecule has 0 aromatic heterocycles. The second-order valence-corrected chi connectivity index (χ2v) is 3.22.